The van der Waals surface area contributed by atoms with Crippen molar-refractivity contribution >= 4 is 11.7 Å². The van der Waals surface area contributed by atoms with Crippen molar-refractivity contribution < 1.29 is 19.4 Å². The summed E-state index contributed by atoms with van der Waals surface area (Å²) in [6, 6.07) is 12.1. The highest BCUT2D eigenvalue weighted by atomic mass is 16.5. The summed E-state index contributed by atoms with van der Waals surface area (Å²) in [6.07, 6.45) is 1.85. The minimum atomic E-state index is -0.790. The van der Waals surface area contributed by atoms with E-state index in [1.54, 1.807) is 24.3 Å². The van der Waals surface area contributed by atoms with Crippen LogP contribution in [0, 0.1) is 18.3 Å². The first kappa shape index (κ1) is 21.3. The van der Waals surface area contributed by atoms with Gasteiger partial charge in [-0.3, -0.25) is 0 Å². The van der Waals surface area contributed by atoms with Gasteiger partial charge >= 0.3 is 5.97 Å². The Morgan fingerprint density at radius 2 is 2.00 bits per heavy atom. The van der Waals surface area contributed by atoms with Crippen LogP contribution >= 0.6 is 0 Å². The number of esters is 1. The molecule has 0 aromatic heterocycles. The lowest BCUT2D eigenvalue weighted by molar-refractivity contribution is -0.141. The second-order valence-electron chi connectivity index (χ2n) is 6.44. The van der Waals surface area contributed by atoms with Crippen molar-refractivity contribution in [2.24, 2.45) is 0 Å². The molecule has 0 saturated carbocycles. The summed E-state index contributed by atoms with van der Waals surface area (Å²) in [5.41, 5.74) is 3.87. The van der Waals surface area contributed by atoms with Gasteiger partial charge in [0.25, 0.3) is 0 Å². The predicted molar refractivity (Wildman–Crippen MR) is 107 cm³/mol. The smallest absolute Gasteiger partial charge is 0.333 e. The summed E-state index contributed by atoms with van der Waals surface area (Å²) >= 11 is 0. The standard InChI is InChI=1S/C22H26N2O4/c1-4-5-17-12-15(2)21(28-11-10-25)19(13-17)20(22(26)27-3)24-18-8-6-16(14-23)7-9-18/h6-9,12-13,20,24-25H,4-5,10-11H2,1-3H3. The van der Waals surface area contributed by atoms with Crippen molar-refractivity contribution in [3.63, 3.8) is 0 Å². The van der Waals surface area contributed by atoms with E-state index in [1.165, 1.54) is 7.11 Å². The Hall–Kier alpha value is -3.04. The van der Waals surface area contributed by atoms with Gasteiger partial charge in [0, 0.05) is 11.3 Å². The number of carbonyl (C=O) groups is 1. The molecule has 2 aromatic rings. The average molecular weight is 382 g/mol. The number of benzene rings is 2. The maximum atomic E-state index is 12.6. The van der Waals surface area contributed by atoms with Crippen molar-refractivity contribution in [1.29, 1.82) is 5.26 Å². The highest BCUT2D eigenvalue weighted by Gasteiger charge is 2.26. The Bertz CT molecular complexity index is 841. The van der Waals surface area contributed by atoms with E-state index < -0.39 is 12.0 Å². The normalized spacial score (nSPS) is 11.4. The molecule has 28 heavy (non-hydrogen) atoms. The van der Waals surface area contributed by atoms with Crippen LogP contribution in [-0.2, 0) is 16.0 Å². The SMILES string of the molecule is CCCc1cc(C)c(OCCO)c(C(Nc2ccc(C#N)cc2)C(=O)OC)c1. The fourth-order valence-electron chi connectivity index (χ4n) is 3.06. The number of hydrogen-bond acceptors (Lipinski definition) is 6. The molecule has 2 rings (SSSR count). The topological polar surface area (TPSA) is 91.6 Å². The van der Waals surface area contributed by atoms with Crippen LogP contribution in [0.4, 0.5) is 5.69 Å². The van der Waals surface area contributed by atoms with E-state index in [4.69, 9.17) is 19.8 Å². The molecule has 0 bridgehead atoms. The molecule has 0 aliphatic heterocycles. The number of methoxy groups -OCH3 is 1. The molecule has 0 aliphatic rings. The zero-order valence-electron chi connectivity index (χ0n) is 16.5. The lowest BCUT2D eigenvalue weighted by Gasteiger charge is -2.23. The predicted octanol–water partition coefficient (Wildman–Crippen LogP) is 3.52. The largest absolute Gasteiger partial charge is 0.491 e. The molecule has 6 nitrogen and oxygen atoms in total. The molecule has 2 N–H and O–H groups in total. The molecular weight excluding hydrogens is 356 g/mol. The molecule has 148 valence electrons. The van der Waals surface area contributed by atoms with Crippen LogP contribution in [-0.4, -0.2) is 31.4 Å². The van der Waals surface area contributed by atoms with Crippen molar-refractivity contribution in [3.05, 3.63) is 58.7 Å². The van der Waals surface area contributed by atoms with E-state index in [1.807, 2.05) is 19.1 Å². The minimum absolute atomic E-state index is 0.123. The van der Waals surface area contributed by atoms with Crippen molar-refractivity contribution in [3.8, 4) is 11.8 Å². The molecule has 0 spiro atoms. The van der Waals surface area contributed by atoms with Crippen molar-refractivity contribution in [1.82, 2.24) is 0 Å². The number of aliphatic hydroxyl groups is 1. The van der Waals surface area contributed by atoms with Crippen molar-refractivity contribution in [2.45, 2.75) is 32.7 Å². The Balaban J connectivity index is 2.50. The van der Waals surface area contributed by atoms with Gasteiger partial charge in [0.1, 0.15) is 12.4 Å². The summed E-state index contributed by atoms with van der Waals surface area (Å²) in [5.74, 6) is 0.108. The number of nitrogens with one attached hydrogen (secondary N) is 1. The van der Waals surface area contributed by atoms with Gasteiger partial charge in [0.15, 0.2) is 6.04 Å². The molecule has 2 aromatic carbocycles. The van der Waals surface area contributed by atoms with E-state index in [9.17, 15) is 4.79 Å². The summed E-state index contributed by atoms with van der Waals surface area (Å²) in [7, 11) is 1.34. The number of nitriles is 1. The molecule has 0 aliphatic carbocycles. The van der Waals surface area contributed by atoms with Crippen LogP contribution in [0.25, 0.3) is 0 Å². The first-order chi connectivity index (χ1) is 13.5. The number of hydrogen-bond donors (Lipinski definition) is 2. The Morgan fingerprint density at radius 1 is 1.29 bits per heavy atom. The third kappa shape index (κ3) is 5.24. The molecule has 1 unspecified atom stereocenters. The summed E-state index contributed by atoms with van der Waals surface area (Å²) < 4.78 is 10.8. The molecule has 1 atom stereocenters. The van der Waals surface area contributed by atoms with Gasteiger partial charge in [-0.1, -0.05) is 19.4 Å². The molecular formula is C22H26N2O4. The van der Waals surface area contributed by atoms with E-state index in [0.717, 1.165) is 24.0 Å². The highest BCUT2D eigenvalue weighted by Crippen LogP contribution is 2.34. The van der Waals surface area contributed by atoms with Crippen molar-refractivity contribution in [2.75, 3.05) is 25.6 Å². The number of aliphatic hydroxyl groups excluding tert-OH is 1. The van der Waals surface area contributed by atoms with Gasteiger partial charge in [-0.2, -0.15) is 5.26 Å². The first-order valence-corrected chi connectivity index (χ1v) is 9.25. The molecule has 6 heteroatoms. The van der Waals surface area contributed by atoms with Crippen LogP contribution in [0.3, 0.4) is 0 Å². The quantitative estimate of drug-likeness (QED) is 0.645. The van der Waals surface area contributed by atoms with Crippen LogP contribution in [0.15, 0.2) is 36.4 Å². The van der Waals surface area contributed by atoms with E-state index in [-0.39, 0.29) is 13.2 Å². The lowest BCUT2D eigenvalue weighted by atomic mass is 9.96. The third-order valence-corrected chi connectivity index (χ3v) is 4.31. The van der Waals surface area contributed by atoms with E-state index >= 15 is 0 Å². The highest BCUT2D eigenvalue weighted by molar-refractivity contribution is 5.82. The monoisotopic (exact) mass is 382 g/mol. The Labute approximate surface area is 165 Å². The molecule has 0 saturated heterocycles. The Kier molecular flexibility index (Phi) is 7.85. The summed E-state index contributed by atoms with van der Waals surface area (Å²) in [5, 5.41) is 21.3. The third-order valence-electron chi connectivity index (χ3n) is 4.31. The number of anilines is 1. The van der Waals surface area contributed by atoms with Gasteiger partial charge in [0.05, 0.1) is 25.3 Å². The number of rotatable bonds is 9. The molecule has 0 amide bonds. The van der Waals surface area contributed by atoms with Gasteiger partial charge in [-0.05, 0) is 54.8 Å². The molecule has 0 radical (unpaired) electrons. The fourth-order valence-corrected chi connectivity index (χ4v) is 3.06. The van der Waals surface area contributed by atoms with Gasteiger partial charge < -0.3 is 19.9 Å². The van der Waals surface area contributed by atoms with E-state index in [2.05, 4.69) is 18.3 Å². The second kappa shape index (κ2) is 10.3. The number of carbonyl (C=O) groups excluding carboxylic acids is 1. The Morgan fingerprint density at radius 3 is 2.57 bits per heavy atom. The van der Waals surface area contributed by atoms with Crippen LogP contribution in [0.1, 0.15) is 41.6 Å². The van der Waals surface area contributed by atoms with Gasteiger partial charge in [-0.25, -0.2) is 4.79 Å². The molecule has 0 fully saturated rings. The minimum Gasteiger partial charge on any atom is -0.491 e. The zero-order valence-corrected chi connectivity index (χ0v) is 16.5. The molecule has 0 heterocycles. The summed E-state index contributed by atoms with van der Waals surface area (Å²) in [4.78, 5) is 12.6. The number of nitrogens with zero attached hydrogens (tertiary/aromatic N) is 1. The lowest BCUT2D eigenvalue weighted by Crippen LogP contribution is -2.24. The van der Waals surface area contributed by atoms with Gasteiger partial charge in [0.2, 0.25) is 0 Å². The second-order valence-corrected chi connectivity index (χ2v) is 6.44. The van der Waals surface area contributed by atoms with Gasteiger partial charge in [-0.15, -0.1) is 0 Å². The van der Waals surface area contributed by atoms with Crippen LogP contribution in [0.5, 0.6) is 5.75 Å². The average Bonchev–Trinajstić information content (AvgIpc) is 2.71. The summed E-state index contributed by atoms with van der Waals surface area (Å²) in [6.45, 7) is 4.02. The number of aryl methyl sites for hydroxylation is 2. The van der Waals surface area contributed by atoms with Crippen LogP contribution < -0.4 is 10.1 Å². The first-order valence-electron chi connectivity index (χ1n) is 9.25. The number of ether oxygens (including phenoxy) is 2. The maximum absolute atomic E-state index is 12.6. The zero-order chi connectivity index (χ0) is 20.5. The maximum Gasteiger partial charge on any atom is 0.333 e. The fraction of sp³-hybridized carbons (Fsp3) is 0.364. The van der Waals surface area contributed by atoms with Crippen LogP contribution in [0.2, 0.25) is 0 Å². The van der Waals surface area contributed by atoms with E-state index in [0.29, 0.717) is 22.6 Å².